The maximum Gasteiger partial charge on any atom is 0.418 e. The SMILES string of the molecule is NN(C(=O)C1CC1)C(=O)C1CCC2CN1C(=O)N2OS(=O)(=O)O. The van der Waals surface area contributed by atoms with E-state index in [4.69, 9.17) is 10.4 Å². The first-order chi connectivity index (χ1) is 10.7. The summed E-state index contributed by atoms with van der Waals surface area (Å²) in [6.45, 7) is 0.0518. The topological polar surface area (TPSA) is 151 Å². The molecular formula is C11H16N4O7S. The van der Waals surface area contributed by atoms with Gasteiger partial charge in [0.15, 0.2) is 0 Å². The van der Waals surface area contributed by atoms with E-state index >= 15 is 0 Å². The summed E-state index contributed by atoms with van der Waals surface area (Å²) in [5.41, 5.74) is 0. The van der Waals surface area contributed by atoms with Crippen LogP contribution in [0.2, 0.25) is 0 Å². The van der Waals surface area contributed by atoms with E-state index in [1.165, 1.54) is 0 Å². The number of carbonyl (C=O) groups is 3. The van der Waals surface area contributed by atoms with Gasteiger partial charge in [-0.3, -0.25) is 14.1 Å². The number of carbonyl (C=O) groups excluding carboxylic acids is 3. The van der Waals surface area contributed by atoms with E-state index in [1.807, 2.05) is 0 Å². The van der Waals surface area contributed by atoms with E-state index in [0.717, 1.165) is 4.90 Å². The van der Waals surface area contributed by atoms with Crippen molar-refractivity contribution >= 4 is 28.2 Å². The number of nitrogens with zero attached hydrogens (tertiary/aromatic N) is 3. The van der Waals surface area contributed by atoms with E-state index in [9.17, 15) is 22.8 Å². The van der Waals surface area contributed by atoms with E-state index in [0.29, 0.717) is 22.9 Å². The number of imide groups is 1. The molecule has 0 aromatic carbocycles. The molecule has 2 heterocycles. The first-order valence-corrected chi connectivity index (χ1v) is 8.45. The number of nitrogens with two attached hydrogens (primary N) is 1. The Balaban J connectivity index is 1.73. The van der Waals surface area contributed by atoms with Gasteiger partial charge in [-0.25, -0.2) is 15.6 Å². The molecule has 2 aliphatic heterocycles. The highest BCUT2D eigenvalue weighted by Gasteiger charge is 2.51. The molecule has 2 unspecified atom stereocenters. The second-order valence-electron chi connectivity index (χ2n) is 5.83. The Morgan fingerprint density at radius 3 is 2.43 bits per heavy atom. The van der Waals surface area contributed by atoms with Crippen molar-refractivity contribution in [1.29, 1.82) is 0 Å². The Morgan fingerprint density at radius 2 is 1.87 bits per heavy atom. The van der Waals surface area contributed by atoms with Gasteiger partial charge >= 0.3 is 16.4 Å². The van der Waals surface area contributed by atoms with Crippen LogP contribution in [0.15, 0.2) is 0 Å². The van der Waals surface area contributed by atoms with Crippen molar-refractivity contribution in [1.82, 2.24) is 15.0 Å². The van der Waals surface area contributed by atoms with Crippen molar-refractivity contribution in [3.63, 3.8) is 0 Å². The lowest BCUT2D eigenvalue weighted by atomic mass is 10.00. The van der Waals surface area contributed by atoms with Gasteiger partial charge in [0.2, 0.25) is 5.91 Å². The predicted molar refractivity (Wildman–Crippen MR) is 72.1 cm³/mol. The van der Waals surface area contributed by atoms with Crippen molar-refractivity contribution in [2.45, 2.75) is 37.8 Å². The third-order valence-electron chi connectivity index (χ3n) is 4.18. The van der Waals surface area contributed by atoms with Gasteiger partial charge in [-0.15, -0.1) is 4.28 Å². The molecule has 1 aliphatic carbocycles. The molecule has 1 saturated carbocycles. The molecule has 2 bridgehead atoms. The van der Waals surface area contributed by atoms with E-state index in [1.54, 1.807) is 0 Å². The van der Waals surface area contributed by atoms with Gasteiger partial charge in [-0.1, -0.05) is 0 Å². The summed E-state index contributed by atoms with van der Waals surface area (Å²) >= 11 is 0. The van der Waals surface area contributed by atoms with Gasteiger partial charge in [0.05, 0.1) is 6.04 Å². The highest BCUT2D eigenvalue weighted by molar-refractivity contribution is 7.80. The lowest BCUT2D eigenvalue weighted by Crippen LogP contribution is -2.55. The third-order valence-corrected chi connectivity index (χ3v) is 4.53. The Bertz CT molecular complexity index is 661. The predicted octanol–water partition coefficient (Wildman–Crippen LogP) is -1.37. The molecule has 23 heavy (non-hydrogen) atoms. The van der Waals surface area contributed by atoms with Crippen LogP contribution in [0.25, 0.3) is 0 Å². The third kappa shape index (κ3) is 3.02. The van der Waals surface area contributed by atoms with Crippen LogP contribution in [0, 0.1) is 5.92 Å². The molecular weight excluding hydrogens is 332 g/mol. The fourth-order valence-electron chi connectivity index (χ4n) is 2.88. The van der Waals surface area contributed by atoms with Crippen LogP contribution in [0.1, 0.15) is 25.7 Å². The average molecular weight is 348 g/mol. The van der Waals surface area contributed by atoms with Crippen molar-refractivity contribution in [2.75, 3.05) is 6.54 Å². The Morgan fingerprint density at radius 1 is 1.22 bits per heavy atom. The zero-order valence-corrected chi connectivity index (χ0v) is 12.8. The van der Waals surface area contributed by atoms with Crippen molar-refractivity contribution in [3.05, 3.63) is 0 Å². The van der Waals surface area contributed by atoms with Crippen LogP contribution in [0.3, 0.4) is 0 Å². The Labute approximate surface area is 131 Å². The molecule has 0 aromatic rings. The maximum atomic E-state index is 12.4. The number of amides is 4. The van der Waals surface area contributed by atoms with Gasteiger partial charge in [-0.05, 0) is 25.7 Å². The molecule has 2 saturated heterocycles. The lowest BCUT2D eigenvalue weighted by molar-refractivity contribution is -0.149. The zero-order valence-electron chi connectivity index (χ0n) is 12.0. The van der Waals surface area contributed by atoms with E-state index in [2.05, 4.69) is 4.28 Å². The van der Waals surface area contributed by atoms with Crippen molar-refractivity contribution in [2.24, 2.45) is 11.8 Å². The minimum absolute atomic E-state index is 0.0518. The molecule has 2 atom stereocenters. The molecule has 12 heteroatoms. The summed E-state index contributed by atoms with van der Waals surface area (Å²) < 4.78 is 34.6. The van der Waals surface area contributed by atoms with Crippen LogP contribution in [0.5, 0.6) is 0 Å². The normalized spacial score (nSPS) is 27.3. The standard InChI is InChI=1S/C11H16N4O7S/c12-14(9(16)6-1-2-6)10(17)8-4-3-7-5-13(8)11(18)15(7)22-23(19,20)21/h6-8H,1-5,12H2,(H,19,20,21). The number of piperidine rings is 1. The summed E-state index contributed by atoms with van der Waals surface area (Å²) in [7, 11) is -4.85. The second kappa shape index (κ2) is 5.40. The summed E-state index contributed by atoms with van der Waals surface area (Å²) in [5, 5.41) is 1.08. The van der Waals surface area contributed by atoms with Crippen LogP contribution in [0.4, 0.5) is 4.79 Å². The Hall–Kier alpha value is -1.76. The molecule has 3 aliphatic rings. The Kier molecular flexibility index (Phi) is 3.78. The monoisotopic (exact) mass is 348 g/mol. The summed E-state index contributed by atoms with van der Waals surface area (Å²) in [6, 6.07) is -2.42. The first kappa shape index (κ1) is 16.1. The lowest BCUT2D eigenvalue weighted by Gasteiger charge is -2.31. The molecule has 3 fully saturated rings. The second-order valence-corrected chi connectivity index (χ2v) is 6.84. The summed E-state index contributed by atoms with van der Waals surface area (Å²) in [6.07, 6.45) is 1.86. The minimum Gasteiger partial charge on any atom is -0.309 e. The molecule has 4 amide bonds. The van der Waals surface area contributed by atoms with Gasteiger partial charge < -0.3 is 4.90 Å². The van der Waals surface area contributed by atoms with Crippen molar-refractivity contribution in [3.8, 4) is 0 Å². The summed E-state index contributed by atoms with van der Waals surface area (Å²) in [5.74, 6) is 4.14. The summed E-state index contributed by atoms with van der Waals surface area (Å²) in [4.78, 5) is 37.5. The number of urea groups is 1. The van der Waals surface area contributed by atoms with E-state index < -0.39 is 40.3 Å². The first-order valence-electron chi connectivity index (χ1n) is 7.08. The fourth-order valence-corrected chi connectivity index (χ4v) is 3.27. The number of fused-ring (bicyclic) bond motifs is 2. The molecule has 0 aromatic heterocycles. The molecule has 0 spiro atoms. The molecule has 11 nitrogen and oxygen atoms in total. The molecule has 128 valence electrons. The van der Waals surface area contributed by atoms with Gasteiger partial charge in [0, 0.05) is 12.5 Å². The highest BCUT2D eigenvalue weighted by atomic mass is 32.3. The molecule has 0 radical (unpaired) electrons. The fraction of sp³-hybridized carbons (Fsp3) is 0.727. The van der Waals surface area contributed by atoms with Crippen molar-refractivity contribution < 1.29 is 31.6 Å². The number of hydroxylamine groups is 2. The van der Waals surface area contributed by atoms with Gasteiger partial charge in [0.25, 0.3) is 5.91 Å². The van der Waals surface area contributed by atoms with E-state index in [-0.39, 0.29) is 25.3 Å². The zero-order chi connectivity index (χ0) is 16.9. The quantitative estimate of drug-likeness (QED) is 0.208. The molecule has 3 N–H and O–H groups in total. The average Bonchev–Trinajstić information content (AvgIpc) is 3.30. The van der Waals surface area contributed by atoms with Gasteiger partial charge in [-0.2, -0.15) is 13.5 Å². The largest absolute Gasteiger partial charge is 0.418 e. The minimum atomic E-state index is -4.85. The maximum absolute atomic E-state index is 12.4. The highest BCUT2D eigenvalue weighted by Crippen LogP contribution is 2.33. The van der Waals surface area contributed by atoms with Crippen LogP contribution in [-0.4, -0.2) is 64.4 Å². The number of rotatable bonds is 4. The number of hydrogen-bond acceptors (Lipinski definition) is 7. The smallest absolute Gasteiger partial charge is 0.309 e. The van der Waals surface area contributed by atoms with Crippen LogP contribution in [-0.2, 0) is 24.3 Å². The van der Waals surface area contributed by atoms with Crippen LogP contribution >= 0.6 is 0 Å². The number of hydrogen-bond donors (Lipinski definition) is 2. The van der Waals surface area contributed by atoms with Crippen LogP contribution < -0.4 is 5.84 Å². The van der Waals surface area contributed by atoms with Gasteiger partial charge in [0.1, 0.15) is 6.04 Å². The molecule has 3 rings (SSSR count). The number of hydrazine groups is 1.